The zero-order valence-electron chi connectivity index (χ0n) is 11.6. The molecule has 1 heterocycles. The Morgan fingerprint density at radius 2 is 1.95 bits per heavy atom. The van der Waals surface area contributed by atoms with Crippen molar-refractivity contribution in [2.45, 2.75) is 13.0 Å². The number of nitrogens with zero attached hydrogens (tertiary/aromatic N) is 1. The third-order valence-corrected chi connectivity index (χ3v) is 3.12. The molecular weight excluding hydrogens is 252 g/mol. The van der Waals surface area contributed by atoms with Crippen LogP contribution in [0.25, 0.3) is 0 Å². The second-order valence-electron chi connectivity index (χ2n) is 4.53. The molecule has 0 aliphatic rings. The van der Waals surface area contributed by atoms with Gasteiger partial charge in [0.2, 0.25) is 0 Å². The molecule has 2 rings (SSSR count). The van der Waals surface area contributed by atoms with E-state index in [-0.39, 0.29) is 11.9 Å². The number of hydrogen-bond donors (Lipinski definition) is 3. The van der Waals surface area contributed by atoms with Crippen LogP contribution >= 0.6 is 0 Å². The van der Waals surface area contributed by atoms with E-state index < -0.39 is 0 Å². The van der Waals surface area contributed by atoms with E-state index in [0.717, 1.165) is 11.3 Å². The number of hydrogen-bond acceptors (Lipinski definition) is 4. The number of amides is 1. The van der Waals surface area contributed by atoms with Crippen molar-refractivity contribution in [3.8, 4) is 0 Å². The fourth-order valence-electron chi connectivity index (χ4n) is 1.95. The highest BCUT2D eigenvalue weighted by molar-refractivity contribution is 5.95. The molecule has 1 aromatic carbocycles. The predicted octanol–water partition coefficient (Wildman–Crippen LogP) is 2.20. The van der Waals surface area contributed by atoms with E-state index in [1.165, 1.54) is 0 Å². The van der Waals surface area contributed by atoms with Crippen LogP contribution in [0.5, 0.6) is 0 Å². The van der Waals surface area contributed by atoms with Crippen LogP contribution < -0.4 is 16.4 Å². The monoisotopic (exact) mass is 270 g/mol. The van der Waals surface area contributed by atoms with Gasteiger partial charge in [-0.1, -0.05) is 0 Å². The van der Waals surface area contributed by atoms with Crippen molar-refractivity contribution in [1.29, 1.82) is 0 Å². The largest absolute Gasteiger partial charge is 0.397 e. The van der Waals surface area contributed by atoms with Gasteiger partial charge in [0, 0.05) is 31.0 Å². The van der Waals surface area contributed by atoms with Crippen molar-refractivity contribution >= 4 is 17.3 Å². The normalized spacial score (nSPS) is 11.7. The first-order valence-electron chi connectivity index (χ1n) is 6.40. The molecule has 1 amide bonds. The highest BCUT2D eigenvalue weighted by Gasteiger charge is 2.09. The number of pyridine rings is 1. The molecular formula is C15H18N4O. The minimum atomic E-state index is -0.148. The van der Waals surface area contributed by atoms with Gasteiger partial charge in [0.1, 0.15) is 0 Å². The molecule has 4 N–H and O–H groups in total. The molecule has 0 bridgehead atoms. The van der Waals surface area contributed by atoms with Gasteiger partial charge in [-0.3, -0.25) is 9.78 Å². The van der Waals surface area contributed by atoms with E-state index in [0.29, 0.717) is 11.3 Å². The number of anilines is 2. The van der Waals surface area contributed by atoms with Gasteiger partial charge in [-0.25, -0.2) is 0 Å². The van der Waals surface area contributed by atoms with Crippen LogP contribution in [0.4, 0.5) is 11.4 Å². The van der Waals surface area contributed by atoms with E-state index in [1.54, 1.807) is 31.6 Å². The quantitative estimate of drug-likeness (QED) is 0.744. The smallest absolute Gasteiger partial charge is 0.251 e. The average Bonchev–Trinajstić information content (AvgIpc) is 2.49. The number of nitrogens with one attached hydrogen (secondary N) is 2. The Hall–Kier alpha value is -2.56. The van der Waals surface area contributed by atoms with Gasteiger partial charge in [0.05, 0.1) is 11.4 Å². The molecule has 20 heavy (non-hydrogen) atoms. The molecule has 0 aliphatic carbocycles. The molecule has 0 fully saturated rings. The number of aromatic nitrogens is 1. The van der Waals surface area contributed by atoms with E-state index in [9.17, 15) is 4.79 Å². The Kier molecular flexibility index (Phi) is 4.20. The van der Waals surface area contributed by atoms with Gasteiger partial charge in [0.25, 0.3) is 5.91 Å². The molecule has 1 unspecified atom stereocenters. The van der Waals surface area contributed by atoms with Crippen molar-refractivity contribution in [2.24, 2.45) is 0 Å². The first-order chi connectivity index (χ1) is 9.61. The Balaban J connectivity index is 2.16. The van der Waals surface area contributed by atoms with Gasteiger partial charge in [0.15, 0.2) is 0 Å². The number of carbonyl (C=O) groups is 1. The average molecular weight is 270 g/mol. The summed E-state index contributed by atoms with van der Waals surface area (Å²) in [5.74, 6) is -0.148. The van der Waals surface area contributed by atoms with Crippen LogP contribution in [0.15, 0.2) is 42.7 Å². The van der Waals surface area contributed by atoms with Crippen LogP contribution in [-0.4, -0.2) is 17.9 Å². The fourth-order valence-corrected chi connectivity index (χ4v) is 1.95. The third kappa shape index (κ3) is 3.06. The van der Waals surface area contributed by atoms with Crippen molar-refractivity contribution in [3.05, 3.63) is 53.9 Å². The standard InChI is InChI=1S/C15H18N4O/c1-10(11-5-7-18-8-6-11)19-14-4-3-12(9-13(14)16)15(20)17-2/h3-10,19H,16H2,1-2H3,(H,17,20). The van der Waals surface area contributed by atoms with E-state index in [2.05, 4.69) is 15.6 Å². The highest BCUT2D eigenvalue weighted by atomic mass is 16.1. The molecule has 1 aromatic heterocycles. The predicted molar refractivity (Wildman–Crippen MR) is 80.5 cm³/mol. The summed E-state index contributed by atoms with van der Waals surface area (Å²) >= 11 is 0. The summed E-state index contributed by atoms with van der Waals surface area (Å²) in [6, 6.07) is 9.24. The van der Waals surface area contributed by atoms with Crippen LogP contribution in [0.3, 0.4) is 0 Å². The highest BCUT2D eigenvalue weighted by Crippen LogP contribution is 2.25. The van der Waals surface area contributed by atoms with Crippen molar-refractivity contribution < 1.29 is 4.79 Å². The second-order valence-corrected chi connectivity index (χ2v) is 4.53. The lowest BCUT2D eigenvalue weighted by Crippen LogP contribution is -2.18. The van der Waals surface area contributed by atoms with Crippen LogP contribution in [0.2, 0.25) is 0 Å². The molecule has 0 aliphatic heterocycles. The van der Waals surface area contributed by atoms with Crippen molar-refractivity contribution in [1.82, 2.24) is 10.3 Å². The molecule has 0 saturated heterocycles. The van der Waals surface area contributed by atoms with Gasteiger partial charge in [-0.05, 0) is 42.8 Å². The van der Waals surface area contributed by atoms with Crippen LogP contribution in [0, 0.1) is 0 Å². The molecule has 2 aromatic rings. The van der Waals surface area contributed by atoms with E-state index in [1.807, 2.05) is 25.1 Å². The fraction of sp³-hybridized carbons (Fsp3) is 0.200. The minimum Gasteiger partial charge on any atom is -0.397 e. The maximum absolute atomic E-state index is 11.5. The minimum absolute atomic E-state index is 0.103. The van der Waals surface area contributed by atoms with Gasteiger partial charge >= 0.3 is 0 Å². The van der Waals surface area contributed by atoms with Gasteiger partial charge in [-0.15, -0.1) is 0 Å². The molecule has 0 radical (unpaired) electrons. The number of nitrogen functional groups attached to an aromatic ring is 1. The molecule has 1 atom stereocenters. The molecule has 104 valence electrons. The SMILES string of the molecule is CNC(=O)c1ccc(NC(C)c2ccncc2)c(N)c1. The van der Waals surface area contributed by atoms with Gasteiger partial charge < -0.3 is 16.4 Å². The molecule has 0 saturated carbocycles. The maximum atomic E-state index is 11.5. The zero-order valence-corrected chi connectivity index (χ0v) is 11.6. The third-order valence-electron chi connectivity index (χ3n) is 3.12. The van der Waals surface area contributed by atoms with Crippen LogP contribution in [0.1, 0.15) is 28.9 Å². The van der Waals surface area contributed by atoms with E-state index >= 15 is 0 Å². The Labute approximate surface area is 118 Å². The number of rotatable bonds is 4. The summed E-state index contributed by atoms with van der Waals surface area (Å²) in [5.41, 5.74) is 9.01. The molecule has 0 spiro atoms. The summed E-state index contributed by atoms with van der Waals surface area (Å²) in [5, 5.41) is 5.90. The molecule has 5 nitrogen and oxygen atoms in total. The Bertz CT molecular complexity index is 598. The van der Waals surface area contributed by atoms with Crippen LogP contribution in [-0.2, 0) is 0 Å². The lowest BCUT2D eigenvalue weighted by atomic mass is 10.1. The number of carbonyl (C=O) groups excluding carboxylic acids is 1. The summed E-state index contributed by atoms with van der Waals surface area (Å²) in [6.07, 6.45) is 3.51. The van der Waals surface area contributed by atoms with E-state index in [4.69, 9.17) is 5.73 Å². The first-order valence-corrected chi connectivity index (χ1v) is 6.40. The summed E-state index contributed by atoms with van der Waals surface area (Å²) in [4.78, 5) is 15.5. The lowest BCUT2D eigenvalue weighted by molar-refractivity contribution is 0.0963. The Morgan fingerprint density at radius 3 is 2.55 bits per heavy atom. The summed E-state index contributed by atoms with van der Waals surface area (Å²) in [6.45, 7) is 2.04. The zero-order chi connectivity index (χ0) is 14.5. The lowest BCUT2D eigenvalue weighted by Gasteiger charge is -2.17. The van der Waals surface area contributed by atoms with Gasteiger partial charge in [-0.2, -0.15) is 0 Å². The van der Waals surface area contributed by atoms with Crippen molar-refractivity contribution in [2.75, 3.05) is 18.1 Å². The number of nitrogens with two attached hydrogens (primary N) is 1. The summed E-state index contributed by atoms with van der Waals surface area (Å²) in [7, 11) is 1.59. The maximum Gasteiger partial charge on any atom is 0.251 e. The summed E-state index contributed by atoms with van der Waals surface area (Å²) < 4.78 is 0. The molecule has 5 heteroatoms. The van der Waals surface area contributed by atoms with Crippen molar-refractivity contribution in [3.63, 3.8) is 0 Å². The number of benzene rings is 1. The Morgan fingerprint density at radius 1 is 1.25 bits per heavy atom. The topological polar surface area (TPSA) is 80.0 Å². The second kappa shape index (κ2) is 6.06. The first kappa shape index (κ1) is 13.9.